The minimum atomic E-state index is -2.85. The highest BCUT2D eigenvalue weighted by Gasteiger charge is 2.28. The normalized spacial score (nSPS) is 25.9. The van der Waals surface area contributed by atoms with Gasteiger partial charge in [0.05, 0.1) is 5.75 Å². The lowest BCUT2D eigenvalue weighted by Crippen LogP contribution is -2.49. The Bertz CT molecular complexity index is 356. The third kappa shape index (κ3) is 5.40. The van der Waals surface area contributed by atoms with Gasteiger partial charge in [0.15, 0.2) is 9.84 Å². The highest BCUT2D eigenvalue weighted by atomic mass is 32.2. The van der Waals surface area contributed by atoms with E-state index in [4.69, 9.17) is 0 Å². The van der Waals surface area contributed by atoms with E-state index in [0.717, 1.165) is 32.5 Å². The summed E-state index contributed by atoms with van der Waals surface area (Å²) in [5, 5.41) is 0. The van der Waals surface area contributed by atoms with E-state index in [1.807, 2.05) is 6.92 Å². The van der Waals surface area contributed by atoms with Crippen LogP contribution < -0.4 is 0 Å². The summed E-state index contributed by atoms with van der Waals surface area (Å²) >= 11 is 0. The van der Waals surface area contributed by atoms with Crippen molar-refractivity contribution in [3.05, 3.63) is 0 Å². The van der Waals surface area contributed by atoms with Gasteiger partial charge in [0.2, 0.25) is 0 Å². The van der Waals surface area contributed by atoms with E-state index >= 15 is 0 Å². The van der Waals surface area contributed by atoms with Crippen LogP contribution in [-0.4, -0.2) is 69.0 Å². The molecule has 2 atom stereocenters. The third-order valence-corrected chi connectivity index (χ3v) is 6.06. The van der Waals surface area contributed by atoms with Crippen LogP contribution in [0.5, 0.6) is 0 Å². The summed E-state index contributed by atoms with van der Waals surface area (Å²) in [6.07, 6.45) is 1.87. The molecule has 1 fully saturated rings. The van der Waals surface area contributed by atoms with Gasteiger partial charge in [-0.05, 0) is 38.9 Å². The van der Waals surface area contributed by atoms with E-state index in [0.29, 0.717) is 30.0 Å². The first kappa shape index (κ1) is 16.9. The van der Waals surface area contributed by atoms with Crippen LogP contribution in [0, 0.1) is 5.92 Å². The van der Waals surface area contributed by atoms with Crippen molar-refractivity contribution in [3.63, 3.8) is 0 Å². The second-order valence-electron chi connectivity index (χ2n) is 5.86. The maximum atomic E-state index is 11.8. The van der Waals surface area contributed by atoms with Crippen molar-refractivity contribution in [2.24, 2.45) is 5.92 Å². The van der Waals surface area contributed by atoms with E-state index in [1.54, 1.807) is 0 Å². The summed E-state index contributed by atoms with van der Waals surface area (Å²) < 4.78 is 23.5. The van der Waals surface area contributed by atoms with E-state index in [1.165, 1.54) is 0 Å². The minimum Gasteiger partial charge on any atom is -0.303 e. The highest BCUT2D eigenvalue weighted by molar-refractivity contribution is 7.91. The van der Waals surface area contributed by atoms with E-state index < -0.39 is 9.84 Å². The van der Waals surface area contributed by atoms with Crippen LogP contribution in [-0.2, 0) is 9.84 Å². The fraction of sp³-hybridized carbons (Fsp3) is 1.00. The first-order valence-corrected chi connectivity index (χ1v) is 9.34. The van der Waals surface area contributed by atoms with Gasteiger partial charge in [-0.2, -0.15) is 0 Å². The number of piperidine rings is 1. The molecule has 114 valence electrons. The Hall–Kier alpha value is -0.130. The van der Waals surface area contributed by atoms with Crippen molar-refractivity contribution < 1.29 is 8.42 Å². The molecule has 0 spiro atoms. The smallest absolute Gasteiger partial charge is 0.151 e. The monoisotopic (exact) mass is 290 g/mol. The maximum Gasteiger partial charge on any atom is 0.151 e. The Morgan fingerprint density at radius 3 is 2.47 bits per heavy atom. The summed E-state index contributed by atoms with van der Waals surface area (Å²) in [5.41, 5.74) is 0. The largest absolute Gasteiger partial charge is 0.303 e. The van der Waals surface area contributed by atoms with Crippen LogP contribution in [0.3, 0.4) is 0 Å². The van der Waals surface area contributed by atoms with Gasteiger partial charge >= 0.3 is 0 Å². The number of hydrogen-bond donors (Lipinski definition) is 0. The summed E-state index contributed by atoms with van der Waals surface area (Å²) in [5.74, 6) is 1.25. The molecular formula is C14H30N2O2S. The second kappa shape index (κ2) is 7.60. The molecule has 19 heavy (non-hydrogen) atoms. The molecule has 1 aliphatic rings. The molecule has 0 N–H and O–H groups in total. The molecule has 0 bridgehead atoms. The van der Waals surface area contributed by atoms with E-state index in [9.17, 15) is 8.42 Å². The standard InChI is InChI=1S/C14H30N2O2S/c1-5-10-19(17,18)11-9-15(4)14-7-8-16(6-2)12-13(14)3/h13-14H,5-12H2,1-4H3/t13-,14-/m1/s1. The molecule has 5 heteroatoms. The molecule has 0 aromatic rings. The number of nitrogens with zero attached hydrogens (tertiary/aromatic N) is 2. The van der Waals surface area contributed by atoms with Crippen LogP contribution in [0.1, 0.15) is 33.6 Å². The lowest BCUT2D eigenvalue weighted by Gasteiger charge is -2.41. The molecular weight excluding hydrogens is 260 g/mol. The average Bonchev–Trinajstić information content (AvgIpc) is 2.36. The maximum absolute atomic E-state index is 11.8. The van der Waals surface area contributed by atoms with Crippen LogP contribution in [0.2, 0.25) is 0 Å². The van der Waals surface area contributed by atoms with Crippen LogP contribution in [0.15, 0.2) is 0 Å². The molecule has 4 nitrogen and oxygen atoms in total. The molecule has 0 unspecified atom stereocenters. The van der Waals surface area contributed by atoms with Gasteiger partial charge in [0, 0.05) is 24.9 Å². The van der Waals surface area contributed by atoms with Crippen LogP contribution in [0.4, 0.5) is 0 Å². The number of sulfone groups is 1. The highest BCUT2D eigenvalue weighted by Crippen LogP contribution is 2.20. The summed E-state index contributed by atoms with van der Waals surface area (Å²) in [4.78, 5) is 4.73. The van der Waals surface area contributed by atoms with Gasteiger partial charge in [-0.25, -0.2) is 8.42 Å². The zero-order chi connectivity index (χ0) is 14.5. The van der Waals surface area contributed by atoms with Crippen molar-refractivity contribution in [2.75, 3.05) is 44.7 Å². The topological polar surface area (TPSA) is 40.6 Å². The van der Waals surface area contributed by atoms with Gasteiger partial charge in [-0.15, -0.1) is 0 Å². The van der Waals surface area contributed by atoms with Crippen molar-refractivity contribution in [1.82, 2.24) is 9.80 Å². The molecule has 1 rings (SSSR count). The van der Waals surface area contributed by atoms with E-state index in [-0.39, 0.29) is 0 Å². The Kier molecular flexibility index (Phi) is 6.77. The van der Waals surface area contributed by atoms with Crippen molar-refractivity contribution >= 4 is 9.84 Å². The Morgan fingerprint density at radius 1 is 1.26 bits per heavy atom. The van der Waals surface area contributed by atoms with Crippen molar-refractivity contribution in [2.45, 2.75) is 39.7 Å². The summed E-state index contributed by atoms with van der Waals surface area (Å²) in [7, 11) is -0.777. The Morgan fingerprint density at radius 2 is 1.95 bits per heavy atom. The molecule has 1 saturated heterocycles. The fourth-order valence-electron chi connectivity index (χ4n) is 3.02. The second-order valence-corrected chi connectivity index (χ2v) is 8.16. The zero-order valence-corrected chi connectivity index (χ0v) is 13.7. The minimum absolute atomic E-state index is 0.304. The van der Waals surface area contributed by atoms with Gasteiger partial charge in [-0.3, -0.25) is 0 Å². The Balaban J connectivity index is 2.44. The number of rotatable bonds is 7. The van der Waals surface area contributed by atoms with Gasteiger partial charge in [0.25, 0.3) is 0 Å². The molecule has 0 radical (unpaired) electrons. The zero-order valence-electron chi connectivity index (χ0n) is 12.9. The fourth-order valence-corrected chi connectivity index (χ4v) is 4.42. The van der Waals surface area contributed by atoms with Gasteiger partial charge < -0.3 is 9.80 Å². The lowest BCUT2D eigenvalue weighted by molar-refractivity contribution is 0.0866. The number of hydrogen-bond acceptors (Lipinski definition) is 4. The predicted octanol–water partition coefficient (Wildman–Crippen LogP) is 1.47. The Labute approximate surface area is 119 Å². The average molecular weight is 290 g/mol. The first-order chi connectivity index (χ1) is 8.89. The molecule has 0 aliphatic carbocycles. The third-order valence-electron chi connectivity index (χ3n) is 4.23. The molecule has 1 aliphatic heterocycles. The lowest BCUT2D eigenvalue weighted by atomic mass is 9.93. The molecule has 0 amide bonds. The van der Waals surface area contributed by atoms with Gasteiger partial charge in [-0.1, -0.05) is 20.8 Å². The van der Waals surface area contributed by atoms with E-state index in [2.05, 4.69) is 30.7 Å². The molecule has 0 aromatic heterocycles. The van der Waals surface area contributed by atoms with Crippen molar-refractivity contribution in [1.29, 1.82) is 0 Å². The molecule has 0 saturated carbocycles. The van der Waals surface area contributed by atoms with Crippen LogP contribution in [0.25, 0.3) is 0 Å². The summed E-state index contributed by atoms with van der Waals surface area (Å²) in [6, 6.07) is 0.527. The van der Waals surface area contributed by atoms with Gasteiger partial charge in [0.1, 0.15) is 0 Å². The first-order valence-electron chi connectivity index (χ1n) is 7.52. The molecule has 1 heterocycles. The van der Waals surface area contributed by atoms with Crippen LogP contribution >= 0.6 is 0 Å². The molecule has 0 aromatic carbocycles. The summed E-state index contributed by atoms with van der Waals surface area (Å²) in [6.45, 7) is 10.5. The quantitative estimate of drug-likeness (QED) is 0.712. The predicted molar refractivity (Wildman–Crippen MR) is 81.3 cm³/mol. The van der Waals surface area contributed by atoms with Crippen molar-refractivity contribution in [3.8, 4) is 0 Å². The number of likely N-dealkylation sites (tertiary alicyclic amines) is 1. The SMILES string of the molecule is CCCS(=O)(=O)CCN(C)[C@@H]1CCN(CC)C[C@H]1C.